The molecule has 12 heavy (non-hydrogen) atoms. The lowest BCUT2D eigenvalue weighted by atomic mass is 10.1. The molecule has 70 valence electrons. The molecule has 0 bridgehead atoms. The highest BCUT2D eigenvalue weighted by atomic mass is 16.7. The monoisotopic (exact) mass is 176 g/mol. The molecule has 0 aliphatic carbocycles. The van der Waals surface area contributed by atoms with Crippen LogP contribution in [0, 0.1) is 0 Å². The first-order valence-corrected chi connectivity index (χ1v) is 3.90. The maximum Gasteiger partial charge on any atom is 0.186 e. The summed E-state index contributed by atoms with van der Waals surface area (Å²) in [4.78, 5) is 0. The summed E-state index contributed by atoms with van der Waals surface area (Å²) in [6, 6.07) is 0. The summed E-state index contributed by atoms with van der Waals surface area (Å²) < 4.78 is 15.2. The quantitative estimate of drug-likeness (QED) is 0.500. The maximum absolute atomic E-state index is 9.44. The van der Waals surface area contributed by atoms with Gasteiger partial charge in [0, 0.05) is 7.11 Å². The van der Waals surface area contributed by atoms with E-state index < -0.39 is 12.4 Å². The fraction of sp³-hybridized carbons (Fsp3) is 1.00. The van der Waals surface area contributed by atoms with Crippen LogP contribution in [-0.2, 0) is 14.2 Å². The van der Waals surface area contributed by atoms with Gasteiger partial charge < -0.3 is 24.4 Å². The molecule has 0 aromatic heterocycles. The van der Waals surface area contributed by atoms with Gasteiger partial charge in [0.2, 0.25) is 0 Å². The average molecular weight is 176 g/mol. The number of ether oxygens (including phenoxy) is 3. The van der Waals surface area contributed by atoms with Crippen LogP contribution in [0.2, 0.25) is 0 Å². The van der Waals surface area contributed by atoms with Crippen molar-refractivity contribution in [1.82, 2.24) is 0 Å². The van der Waals surface area contributed by atoms with Crippen LogP contribution < -0.4 is 0 Å². The van der Waals surface area contributed by atoms with Crippen molar-refractivity contribution in [3.8, 4) is 0 Å². The molecule has 5 nitrogen and oxygen atoms in total. The van der Waals surface area contributed by atoms with E-state index in [4.69, 9.17) is 19.3 Å². The summed E-state index contributed by atoms with van der Waals surface area (Å²) in [5.41, 5.74) is 0. The van der Waals surface area contributed by atoms with Gasteiger partial charge in [-0.3, -0.25) is 0 Å². The zero-order valence-electron chi connectivity index (χ0n) is 6.71. The van der Waals surface area contributed by atoms with Crippen LogP contribution in [0.15, 0.2) is 0 Å². The van der Waals surface area contributed by atoms with Crippen molar-refractivity contribution in [3.05, 3.63) is 0 Å². The Morgan fingerprint density at radius 3 is 2.67 bits per heavy atom. The van der Waals surface area contributed by atoms with Crippen molar-refractivity contribution in [2.45, 2.75) is 30.7 Å². The van der Waals surface area contributed by atoms with Crippen LogP contribution in [0.3, 0.4) is 0 Å². The first-order valence-electron chi connectivity index (χ1n) is 3.90. The van der Waals surface area contributed by atoms with Crippen LogP contribution >= 0.6 is 0 Å². The number of hydrogen-bond donors (Lipinski definition) is 2. The Balaban J connectivity index is 2.01. The van der Waals surface area contributed by atoms with E-state index in [0.29, 0.717) is 0 Å². The Morgan fingerprint density at radius 2 is 2.08 bits per heavy atom. The molecular formula is C7H12O5. The van der Waals surface area contributed by atoms with E-state index in [-0.39, 0.29) is 24.9 Å². The Kier molecular flexibility index (Phi) is 2.05. The van der Waals surface area contributed by atoms with Crippen molar-refractivity contribution in [1.29, 1.82) is 0 Å². The van der Waals surface area contributed by atoms with Gasteiger partial charge in [0.05, 0.1) is 6.61 Å². The number of aliphatic hydroxyl groups excluding tert-OH is 2. The first-order chi connectivity index (χ1) is 5.77. The van der Waals surface area contributed by atoms with Gasteiger partial charge in [-0.25, -0.2) is 0 Å². The number of epoxide rings is 1. The van der Waals surface area contributed by atoms with Crippen LogP contribution in [0.4, 0.5) is 0 Å². The smallest absolute Gasteiger partial charge is 0.186 e. The molecule has 2 heterocycles. The van der Waals surface area contributed by atoms with Gasteiger partial charge in [-0.05, 0) is 0 Å². The van der Waals surface area contributed by atoms with Gasteiger partial charge in [-0.15, -0.1) is 0 Å². The van der Waals surface area contributed by atoms with Crippen LogP contribution in [-0.4, -0.2) is 54.6 Å². The third-order valence-electron chi connectivity index (χ3n) is 2.26. The largest absolute Gasteiger partial charge is 0.394 e. The lowest BCUT2D eigenvalue weighted by Gasteiger charge is -2.28. The van der Waals surface area contributed by atoms with E-state index >= 15 is 0 Å². The lowest BCUT2D eigenvalue weighted by molar-refractivity contribution is -0.223. The molecule has 0 amide bonds. The average Bonchev–Trinajstić information content (AvgIpc) is 2.85. The Morgan fingerprint density at radius 1 is 1.33 bits per heavy atom. The van der Waals surface area contributed by atoms with E-state index in [0.717, 1.165) is 0 Å². The molecular weight excluding hydrogens is 164 g/mol. The standard InChI is InChI=1S/C7H12O5/c1-10-7-4(9)6-5(12-6)3(2-8)11-7/h3-9H,2H2,1H3. The molecule has 0 aromatic rings. The van der Waals surface area contributed by atoms with Crippen LogP contribution in [0.25, 0.3) is 0 Å². The Labute approximate surface area is 69.8 Å². The Hall–Kier alpha value is -0.200. The number of hydrogen-bond acceptors (Lipinski definition) is 5. The molecule has 2 aliphatic heterocycles. The number of aliphatic hydroxyl groups is 2. The number of rotatable bonds is 2. The van der Waals surface area contributed by atoms with E-state index in [9.17, 15) is 5.11 Å². The van der Waals surface area contributed by atoms with E-state index in [1.807, 2.05) is 0 Å². The lowest BCUT2D eigenvalue weighted by Crippen LogP contribution is -2.47. The fourth-order valence-corrected chi connectivity index (χ4v) is 1.54. The topological polar surface area (TPSA) is 71.5 Å². The van der Waals surface area contributed by atoms with Gasteiger partial charge in [-0.1, -0.05) is 0 Å². The van der Waals surface area contributed by atoms with Crippen molar-refractivity contribution in [3.63, 3.8) is 0 Å². The highest BCUT2D eigenvalue weighted by Crippen LogP contribution is 2.37. The molecule has 5 atom stereocenters. The number of methoxy groups -OCH3 is 1. The van der Waals surface area contributed by atoms with Crippen molar-refractivity contribution >= 4 is 0 Å². The van der Waals surface area contributed by atoms with E-state index in [1.54, 1.807) is 0 Å². The predicted molar refractivity (Wildman–Crippen MR) is 37.4 cm³/mol. The molecule has 0 spiro atoms. The van der Waals surface area contributed by atoms with Gasteiger partial charge in [0.1, 0.15) is 24.4 Å². The van der Waals surface area contributed by atoms with E-state index in [1.165, 1.54) is 7.11 Å². The second-order valence-corrected chi connectivity index (χ2v) is 3.02. The first kappa shape index (κ1) is 8.40. The van der Waals surface area contributed by atoms with Crippen molar-refractivity contribution in [2.24, 2.45) is 0 Å². The van der Waals surface area contributed by atoms with Crippen molar-refractivity contribution < 1.29 is 24.4 Å². The van der Waals surface area contributed by atoms with Crippen LogP contribution in [0.1, 0.15) is 0 Å². The third kappa shape index (κ3) is 1.14. The summed E-state index contributed by atoms with van der Waals surface area (Å²) in [6.07, 6.45) is -2.14. The van der Waals surface area contributed by atoms with E-state index in [2.05, 4.69) is 0 Å². The summed E-state index contributed by atoms with van der Waals surface area (Å²) in [5.74, 6) is 0. The molecule has 2 rings (SSSR count). The molecule has 2 N–H and O–H groups in total. The Bertz CT molecular complexity index is 173. The molecule has 2 saturated heterocycles. The highest BCUT2D eigenvalue weighted by Gasteiger charge is 2.57. The molecule has 0 radical (unpaired) electrons. The van der Waals surface area contributed by atoms with Gasteiger partial charge in [0.15, 0.2) is 6.29 Å². The molecule has 5 heteroatoms. The second-order valence-electron chi connectivity index (χ2n) is 3.02. The summed E-state index contributed by atoms with van der Waals surface area (Å²) in [5, 5.41) is 18.3. The normalized spacial score (nSPS) is 51.8. The number of fused-ring (bicyclic) bond motifs is 1. The summed E-state index contributed by atoms with van der Waals surface area (Å²) in [7, 11) is 1.45. The molecule has 2 fully saturated rings. The minimum atomic E-state index is -0.734. The molecule has 0 aromatic carbocycles. The fourth-order valence-electron chi connectivity index (χ4n) is 1.54. The predicted octanol–water partition coefficient (Wildman–Crippen LogP) is -1.52. The summed E-state index contributed by atoms with van der Waals surface area (Å²) in [6.45, 7) is -0.103. The minimum Gasteiger partial charge on any atom is -0.394 e. The SMILES string of the molecule is COC1OC(CO)C2OC2C1O. The van der Waals surface area contributed by atoms with Crippen molar-refractivity contribution in [2.75, 3.05) is 13.7 Å². The zero-order valence-corrected chi connectivity index (χ0v) is 6.71. The second kappa shape index (κ2) is 2.93. The zero-order chi connectivity index (χ0) is 8.72. The maximum atomic E-state index is 9.44. The third-order valence-corrected chi connectivity index (χ3v) is 2.26. The molecule has 2 aliphatic rings. The van der Waals surface area contributed by atoms with Gasteiger partial charge >= 0.3 is 0 Å². The van der Waals surface area contributed by atoms with Gasteiger partial charge in [-0.2, -0.15) is 0 Å². The minimum absolute atomic E-state index is 0.103. The molecule has 5 unspecified atom stereocenters. The highest BCUT2D eigenvalue weighted by molar-refractivity contribution is 5.01. The van der Waals surface area contributed by atoms with Crippen LogP contribution in [0.5, 0.6) is 0 Å². The van der Waals surface area contributed by atoms with Gasteiger partial charge in [0.25, 0.3) is 0 Å². The summed E-state index contributed by atoms with van der Waals surface area (Å²) >= 11 is 0. The molecule has 0 saturated carbocycles.